The van der Waals surface area contributed by atoms with Gasteiger partial charge in [0.05, 0.1) is 22.5 Å². The number of aromatic nitrogens is 3. The Kier molecular flexibility index (Phi) is 5.29. The smallest absolute Gasteiger partial charge is 0.323 e. The summed E-state index contributed by atoms with van der Waals surface area (Å²) in [5.41, 5.74) is 9.63. The third-order valence-electron chi connectivity index (χ3n) is 8.03. The van der Waals surface area contributed by atoms with Gasteiger partial charge in [-0.05, 0) is 80.6 Å². The molecule has 3 N–H and O–H groups in total. The maximum Gasteiger partial charge on any atom is 0.323 e. The number of nitrogens with one attached hydrogen (secondary N) is 3. The largest absolute Gasteiger partial charge is 0.348 e. The molecule has 0 saturated carbocycles. The molecular weight excluding hydrogens is 507 g/mol. The summed E-state index contributed by atoms with van der Waals surface area (Å²) in [4.78, 5) is 26.1. The molecule has 3 aromatic carbocycles. The minimum Gasteiger partial charge on any atom is -0.348 e. The van der Waals surface area contributed by atoms with Gasteiger partial charge in [-0.1, -0.05) is 6.07 Å². The van der Waals surface area contributed by atoms with E-state index in [0.29, 0.717) is 12.2 Å². The molecule has 202 valence electrons. The Morgan fingerprint density at radius 3 is 2.70 bits per heavy atom. The normalized spacial score (nSPS) is 13.9. The van der Waals surface area contributed by atoms with Crippen LogP contribution in [0.15, 0.2) is 42.6 Å². The number of amides is 3. The van der Waals surface area contributed by atoms with Crippen molar-refractivity contribution in [1.29, 1.82) is 0 Å². The number of carbonyl (C=O) groups is 2. The Bertz CT molecular complexity index is 1920. The number of nitrogens with zero attached hydrogens (tertiary/aromatic N) is 3. The monoisotopic (exact) mass is 536 g/mol. The fourth-order valence-corrected chi connectivity index (χ4v) is 6.49. The Hall–Kier alpha value is -4.66. The van der Waals surface area contributed by atoms with E-state index in [1.165, 1.54) is 11.6 Å². The summed E-state index contributed by atoms with van der Waals surface area (Å²) in [7, 11) is 1.92. The molecule has 2 aliphatic rings. The van der Waals surface area contributed by atoms with Crippen molar-refractivity contribution in [2.45, 2.75) is 46.2 Å². The van der Waals surface area contributed by atoms with Gasteiger partial charge in [0.1, 0.15) is 5.82 Å². The summed E-state index contributed by atoms with van der Waals surface area (Å²) < 4.78 is 18.4. The summed E-state index contributed by atoms with van der Waals surface area (Å²) in [5, 5.41) is 15.2. The van der Waals surface area contributed by atoms with Crippen molar-refractivity contribution >= 4 is 45.1 Å². The zero-order valence-corrected chi connectivity index (χ0v) is 22.8. The average molecular weight is 537 g/mol. The van der Waals surface area contributed by atoms with Crippen molar-refractivity contribution in [3.05, 3.63) is 76.4 Å². The van der Waals surface area contributed by atoms with Crippen molar-refractivity contribution < 1.29 is 14.0 Å². The molecule has 0 atom stereocenters. The molecule has 5 aromatic rings. The van der Waals surface area contributed by atoms with Gasteiger partial charge in [0.25, 0.3) is 5.91 Å². The van der Waals surface area contributed by atoms with E-state index in [2.05, 4.69) is 39.5 Å². The molecule has 0 bridgehead atoms. The van der Waals surface area contributed by atoms with Gasteiger partial charge in [0, 0.05) is 58.9 Å². The molecule has 0 radical (unpaired) electrons. The molecule has 7 rings (SSSR count). The third kappa shape index (κ3) is 3.53. The zero-order chi connectivity index (χ0) is 27.9. The van der Waals surface area contributed by atoms with E-state index in [1.807, 2.05) is 43.0 Å². The number of anilines is 2. The van der Waals surface area contributed by atoms with E-state index in [1.54, 1.807) is 12.1 Å². The van der Waals surface area contributed by atoms with E-state index in [4.69, 9.17) is 0 Å². The van der Waals surface area contributed by atoms with Crippen molar-refractivity contribution in [2.75, 3.05) is 10.6 Å². The predicted molar refractivity (Wildman–Crippen MR) is 154 cm³/mol. The number of hydrogen-bond donors (Lipinski definition) is 3. The number of urea groups is 1. The van der Waals surface area contributed by atoms with Crippen LogP contribution in [0.4, 0.5) is 20.6 Å². The van der Waals surface area contributed by atoms with E-state index in [-0.39, 0.29) is 17.6 Å². The van der Waals surface area contributed by atoms with Gasteiger partial charge in [0.15, 0.2) is 0 Å². The fourth-order valence-electron chi connectivity index (χ4n) is 6.49. The first-order chi connectivity index (χ1) is 19.2. The molecule has 1 aliphatic heterocycles. The van der Waals surface area contributed by atoms with Crippen molar-refractivity contribution in [1.82, 2.24) is 19.7 Å². The highest BCUT2D eigenvalue weighted by Gasteiger charge is 2.35. The molecule has 8 nitrogen and oxygen atoms in total. The second-order valence-corrected chi connectivity index (χ2v) is 11.0. The highest BCUT2D eigenvalue weighted by molar-refractivity contribution is 6.20. The molecule has 0 saturated heterocycles. The number of aryl methyl sites for hydroxylation is 4. The Balaban J connectivity index is 1.42. The lowest BCUT2D eigenvalue weighted by Crippen LogP contribution is -2.20. The lowest BCUT2D eigenvalue weighted by atomic mass is 9.82. The predicted octanol–water partition coefficient (Wildman–Crippen LogP) is 6.21. The standard InChI is InChI=1S/C31H29FN6O2/c1-15(2)38-25-10-6-17(34-31(40)35-24-11-16(3)5-8-22(24)32)12-19(25)27-20-13-33-30(39)28(20)26-18(29(27)38)7-9-23-21(26)14-37(4)36-23/h5-6,8,10-12,14-15H,7,9,13H2,1-4H3,(H,33,39)(H2,34,35,40). The first-order valence-corrected chi connectivity index (χ1v) is 13.5. The minimum atomic E-state index is -0.528. The quantitative estimate of drug-likeness (QED) is 0.256. The second kappa shape index (κ2) is 8.67. The van der Waals surface area contributed by atoms with Crippen LogP contribution in [0.2, 0.25) is 0 Å². The van der Waals surface area contributed by atoms with Crippen molar-refractivity contribution in [2.24, 2.45) is 7.05 Å². The lowest BCUT2D eigenvalue weighted by Gasteiger charge is -2.22. The van der Waals surface area contributed by atoms with Crippen LogP contribution in [0.5, 0.6) is 0 Å². The molecule has 0 fully saturated rings. The molecule has 3 heterocycles. The summed E-state index contributed by atoms with van der Waals surface area (Å²) in [6, 6.07) is 10.1. The molecule has 1 aliphatic carbocycles. The van der Waals surface area contributed by atoms with E-state index < -0.39 is 11.8 Å². The first-order valence-electron chi connectivity index (χ1n) is 13.5. The Morgan fingerprint density at radius 1 is 1.07 bits per heavy atom. The first kappa shape index (κ1) is 24.4. The number of fused-ring (bicyclic) bond motifs is 10. The van der Waals surface area contributed by atoms with Crippen LogP contribution in [-0.4, -0.2) is 26.3 Å². The number of carbonyl (C=O) groups excluding carboxylic acids is 2. The highest BCUT2D eigenvalue weighted by Crippen LogP contribution is 2.47. The van der Waals surface area contributed by atoms with Crippen LogP contribution < -0.4 is 16.0 Å². The van der Waals surface area contributed by atoms with Crippen LogP contribution in [-0.2, 0) is 26.4 Å². The number of halogens is 1. The molecular formula is C31H29FN6O2. The minimum absolute atomic E-state index is 0.0656. The second-order valence-electron chi connectivity index (χ2n) is 11.0. The fraction of sp³-hybridized carbons (Fsp3) is 0.258. The number of hydrogen-bond acceptors (Lipinski definition) is 3. The topological polar surface area (TPSA) is 93.0 Å². The van der Waals surface area contributed by atoms with Crippen LogP contribution >= 0.6 is 0 Å². The number of benzene rings is 3. The highest BCUT2D eigenvalue weighted by atomic mass is 19.1. The van der Waals surface area contributed by atoms with Crippen molar-refractivity contribution in [3.8, 4) is 11.1 Å². The van der Waals surface area contributed by atoms with Gasteiger partial charge in [0.2, 0.25) is 0 Å². The maximum absolute atomic E-state index is 14.2. The summed E-state index contributed by atoms with van der Waals surface area (Å²) >= 11 is 0. The lowest BCUT2D eigenvalue weighted by molar-refractivity contribution is 0.0966. The van der Waals surface area contributed by atoms with Gasteiger partial charge >= 0.3 is 6.03 Å². The SMILES string of the molecule is Cc1ccc(F)c(NC(=O)Nc2ccc3c(c2)c2c4c(c5c(c2n3C(C)C)CCc2nn(C)cc2-5)C(=O)NC4)c1. The van der Waals surface area contributed by atoms with Crippen LogP contribution in [0, 0.1) is 12.7 Å². The van der Waals surface area contributed by atoms with E-state index >= 15 is 0 Å². The van der Waals surface area contributed by atoms with Gasteiger partial charge in [-0.25, -0.2) is 9.18 Å². The summed E-state index contributed by atoms with van der Waals surface area (Å²) in [5.74, 6) is -0.561. The van der Waals surface area contributed by atoms with Gasteiger partial charge in [-0.3, -0.25) is 9.48 Å². The average Bonchev–Trinajstić information content (AvgIpc) is 3.58. The van der Waals surface area contributed by atoms with Gasteiger partial charge in [-0.2, -0.15) is 5.10 Å². The summed E-state index contributed by atoms with van der Waals surface area (Å²) in [6.07, 6.45) is 3.61. The Labute approximate surface area is 230 Å². The summed E-state index contributed by atoms with van der Waals surface area (Å²) in [6.45, 7) is 6.61. The number of rotatable bonds is 3. The Morgan fingerprint density at radius 2 is 1.90 bits per heavy atom. The third-order valence-corrected chi connectivity index (χ3v) is 8.03. The van der Waals surface area contributed by atoms with Crippen molar-refractivity contribution in [3.63, 3.8) is 0 Å². The zero-order valence-electron chi connectivity index (χ0n) is 22.8. The van der Waals surface area contributed by atoms with Gasteiger partial charge in [-0.15, -0.1) is 0 Å². The molecule has 0 unspecified atom stereocenters. The molecule has 9 heteroatoms. The maximum atomic E-state index is 14.2. The van der Waals surface area contributed by atoms with E-state index in [0.717, 1.165) is 68.2 Å². The van der Waals surface area contributed by atoms with Crippen LogP contribution in [0.1, 0.15) is 52.6 Å². The molecule has 40 heavy (non-hydrogen) atoms. The van der Waals surface area contributed by atoms with Gasteiger partial charge < -0.3 is 20.5 Å². The molecule has 3 amide bonds. The molecule has 2 aromatic heterocycles. The van der Waals surface area contributed by atoms with Crippen LogP contribution in [0.3, 0.4) is 0 Å². The van der Waals surface area contributed by atoms with E-state index in [9.17, 15) is 14.0 Å². The van der Waals surface area contributed by atoms with Crippen LogP contribution in [0.25, 0.3) is 32.9 Å². The molecule has 0 spiro atoms.